The number of ether oxygens (including phenoxy) is 1. The maximum atomic E-state index is 11.0. The summed E-state index contributed by atoms with van der Waals surface area (Å²) in [5, 5.41) is 18.1. The van der Waals surface area contributed by atoms with Crippen molar-refractivity contribution in [2.75, 3.05) is 7.11 Å². The molecular weight excluding hydrogens is 182 g/mol. The highest BCUT2D eigenvalue weighted by atomic mass is 16.5. The van der Waals surface area contributed by atoms with Crippen LogP contribution in [0.2, 0.25) is 0 Å². The van der Waals surface area contributed by atoms with Crippen LogP contribution >= 0.6 is 0 Å². The molecule has 0 aromatic heterocycles. The van der Waals surface area contributed by atoms with E-state index in [-0.39, 0.29) is 17.7 Å². The van der Waals surface area contributed by atoms with Crippen LogP contribution in [-0.2, 0) is 16.0 Å². The minimum absolute atomic E-state index is 0.0607. The summed E-state index contributed by atoms with van der Waals surface area (Å²) in [5.74, 6) is -0.544. The lowest BCUT2D eigenvalue weighted by atomic mass is 10.0. The number of esters is 1. The molecule has 0 unspecified atom stereocenters. The van der Waals surface area contributed by atoms with Gasteiger partial charge in [-0.3, -0.25) is 4.79 Å². The Hall–Kier alpha value is -2.02. The highest BCUT2D eigenvalue weighted by Gasteiger charge is 2.11. The van der Waals surface area contributed by atoms with E-state index in [1.54, 1.807) is 6.07 Å². The Morgan fingerprint density at radius 2 is 2.36 bits per heavy atom. The first kappa shape index (κ1) is 10.1. The van der Waals surface area contributed by atoms with Crippen LogP contribution in [0.3, 0.4) is 0 Å². The Labute approximate surface area is 81.4 Å². The first-order valence-electron chi connectivity index (χ1n) is 3.96. The summed E-state index contributed by atoms with van der Waals surface area (Å²) in [6, 6.07) is 6.42. The Balaban J connectivity index is 3.06. The molecule has 4 nitrogen and oxygen atoms in total. The van der Waals surface area contributed by atoms with Gasteiger partial charge < -0.3 is 9.84 Å². The molecule has 0 aliphatic carbocycles. The van der Waals surface area contributed by atoms with Gasteiger partial charge in [0.2, 0.25) is 0 Å². The van der Waals surface area contributed by atoms with Crippen molar-refractivity contribution in [2.24, 2.45) is 0 Å². The summed E-state index contributed by atoms with van der Waals surface area (Å²) in [6.07, 6.45) is -0.0912. The molecule has 1 N–H and O–H groups in total. The van der Waals surface area contributed by atoms with E-state index in [9.17, 15) is 9.90 Å². The lowest BCUT2D eigenvalue weighted by Gasteiger charge is -2.04. The van der Waals surface area contributed by atoms with Crippen molar-refractivity contribution >= 4 is 5.97 Å². The van der Waals surface area contributed by atoms with Crippen molar-refractivity contribution in [2.45, 2.75) is 6.42 Å². The van der Waals surface area contributed by atoms with Gasteiger partial charge in [-0.25, -0.2) is 0 Å². The van der Waals surface area contributed by atoms with E-state index in [2.05, 4.69) is 4.74 Å². The standard InChI is InChI=1S/C10H9NO3/c1-14-10(13)5-8-7(6-11)3-2-4-9(8)12/h2-4,12H,5H2,1H3. The number of phenolic OH excluding ortho intramolecular Hbond substituents is 1. The molecule has 0 amide bonds. The van der Waals surface area contributed by atoms with Crippen LogP contribution < -0.4 is 0 Å². The molecule has 0 aliphatic heterocycles. The molecule has 0 aliphatic rings. The van der Waals surface area contributed by atoms with Crippen LogP contribution in [0.4, 0.5) is 0 Å². The molecule has 72 valence electrons. The van der Waals surface area contributed by atoms with Gasteiger partial charge in [0, 0.05) is 5.56 Å². The van der Waals surface area contributed by atoms with E-state index >= 15 is 0 Å². The van der Waals surface area contributed by atoms with Crippen LogP contribution in [0.25, 0.3) is 0 Å². The Morgan fingerprint density at radius 1 is 1.64 bits per heavy atom. The van der Waals surface area contributed by atoms with Crippen molar-refractivity contribution in [3.8, 4) is 11.8 Å². The van der Waals surface area contributed by atoms with Crippen molar-refractivity contribution in [1.82, 2.24) is 0 Å². The van der Waals surface area contributed by atoms with E-state index in [0.29, 0.717) is 5.56 Å². The fraction of sp³-hybridized carbons (Fsp3) is 0.200. The number of carbonyl (C=O) groups excluding carboxylic acids is 1. The molecule has 0 fully saturated rings. The summed E-state index contributed by atoms with van der Waals surface area (Å²) < 4.78 is 4.45. The third-order valence-corrected chi connectivity index (χ3v) is 1.82. The number of phenols is 1. The molecule has 14 heavy (non-hydrogen) atoms. The highest BCUT2D eigenvalue weighted by Crippen LogP contribution is 2.21. The second kappa shape index (κ2) is 4.28. The molecule has 0 saturated heterocycles. The molecule has 0 radical (unpaired) electrons. The molecular formula is C10H9NO3. The molecule has 0 heterocycles. The van der Waals surface area contributed by atoms with E-state index < -0.39 is 5.97 Å². The predicted molar refractivity (Wildman–Crippen MR) is 48.5 cm³/mol. The fourth-order valence-electron chi connectivity index (χ4n) is 1.08. The summed E-state index contributed by atoms with van der Waals surface area (Å²) >= 11 is 0. The third kappa shape index (κ3) is 2.02. The van der Waals surface area contributed by atoms with Crippen molar-refractivity contribution < 1.29 is 14.6 Å². The van der Waals surface area contributed by atoms with Crippen LogP contribution in [0, 0.1) is 11.3 Å². The molecule has 1 aromatic rings. The van der Waals surface area contributed by atoms with Gasteiger partial charge in [-0.05, 0) is 12.1 Å². The number of hydrogen-bond donors (Lipinski definition) is 1. The SMILES string of the molecule is COC(=O)Cc1c(O)cccc1C#N. The maximum Gasteiger partial charge on any atom is 0.310 e. The zero-order valence-corrected chi connectivity index (χ0v) is 7.65. The summed E-state index contributed by atoms with van der Waals surface area (Å²) in [4.78, 5) is 11.0. The molecule has 1 aromatic carbocycles. The van der Waals surface area contributed by atoms with Crippen LogP contribution in [-0.4, -0.2) is 18.2 Å². The predicted octanol–water partition coefficient (Wildman–Crippen LogP) is 0.979. The lowest BCUT2D eigenvalue weighted by Crippen LogP contribution is -2.06. The van der Waals surface area contributed by atoms with Crippen LogP contribution in [0.15, 0.2) is 18.2 Å². The van der Waals surface area contributed by atoms with Gasteiger partial charge >= 0.3 is 5.97 Å². The minimum atomic E-state index is -0.483. The molecule has 0 bridgehead atoms. The van der Waals surface area contributed by atoms with Crippen molar-refractivity contribution in [3.63, 3.8) is 0 Å². The van der Waals surface area contributed by atoms with Gasteiger partial charge in [0.15, 0.2) is 0 Å². The zero-order valence-electron chi connectivity index (χ0n) is 7.65. The van der Waals surface area contributed by atoms with Crippen molar-refractivity contribution in [3.05, 3.63) is 29.3 Å². The normalized spacial score (nSPS) is 9.14. The van der Waals surface area contributed by atoms with Gasteiger partial charge in [0.25, 0.3) is 0 Å². The number of methoxy groups -OCH3 is 1. The second-order valence-corrected chi connectivity index (χ2v) is 2.67. The van der Waals surface area contributed by atoms with E-state index in [4.69, 9.17) is 5.26 Å². The number of carbonyl (C=O) groups is 1. The van der Waals surface area contributed by atoms with E-state index in [1.807, 2.05) is 6.07 Å². The summed E-state index contributed by atoms with van der Waals surface area (Å²) in [7, 11) is 1.26. The molecule has 1 rings (SSSR count). The molecule has 4 heteroatoms. The van der Waals surface area contributed by atoms with Gasteiger partial charge in [-0.2, -0.15) is 5.26 Å². The number of aromatic hydroxyl groups is 1. The zero-order chi connectivity index (χ0) is 10.6. The van der Waals surface area contributed by atoms with Crippen molar-refractivity contribution in [1.29, 1.82) is 5.26 Å². The minimum Gasteiger partial charge on any atom is -0.508 e. The molecule has 0 spiro atoms. The van der Waals surface area contributed by atoms with Gasteiger partial charge in [-0.15, -0.1) is 0 Å². The number of benzene rings is 1. The average Bonchev–Trinajstić information content (AvgIpc) is 2.20. The Bertz CT molecular complexity index is 393. The van der Waals surface area contributed by atoms with E-state index in [1.165, 1.54) is 19.2 Å². The van der Waals surface area contributed by atoms with Crippen LogP contribution in [0.5, 0.6) is 5.75 Å². The molecule has 0 saturated carbocycles. The quantitative estimate of drug-likeness (QED) is 0.707. The Kier molecular flexibility index (Phi) is 3.08. The number of hydrogen-bond acceptors (Lipinski definition) is 4. The largest absolute Gasteiger partial charge is 0.508 e. The van der Waals surface area contributed by atoms with Crippen LogP contribution in [0.1, 0.15) is 11.1 Å². The lowest BCUT2D eigenvalue weighted by molar-refractivity contribution is -0.139. The number of rotatable bonds is 2. The third-order valence-electron chi connectivity index (χ3n) is 1.82. The highest BCUT2D eigenvalue weighted by molar-refractivity contribution is 5.74. The maximum absolute atomic E-state index is 11.0. The number of nitriles is 1. The smallest absolute Gasteiger partial charge is 0.310 e. The fourth-order valence-corrected chi connectivity index (χ4v) is 1.08. The van der Waals surface area contributed by atoms with E-state index in [0.717, 1.165) is 0 Å². The monoisotopic (exact) mass is 191 g/mol. The van der Waals surface area contributed by atoms with Gasteiger partial charge in [0.1, 0.15) is 5.75 Å². The van der Waals surface area contributed by atoms with Gasteiger partial charge in [0.05, 0.1) is 25.2 Å². The first-order chi connectivity index (χ1) is 6.69. The summed E-state index contributed by atoms with van der Waals surface area (Å²) in [6.45, 7) is 0. The molecule has 0 atom stereocenters. The second-order valence-electron chi connectivity index (χ2n) is 2.67. The average molecular weight is 191 g/mol. The summed E-state index contributed by atoms with van der Waals surface area (Å²) in [5.41, 5.74) is 0.595. The van der Waals surface area contributed by atoms with Gasteiger partial charge in [-0.1, -0.05) is 6.07 Å². The number of nitrogens with zero attached hydrogens (tertiary/aromatic N) is 1. The first-order valence-corrected chi connectivity index (χ1v) is 3.96. The Morgan fingerprint density at radius 3 is 2.93 bits per heavy atom. The topological polar surface area (TPSA) is 70.3 Å².